The van der Waals surface area contributed by atoms with E-state index in [9.17, 15) is 18.5 Å². The van der Waals surface area contributed by atoms with Crippen molar-refractivity contribution in [1.82, 2.24) is 4.98 Å². The van der Waals surface area contributed by atoms with Gasteiger partial charge in [-0.1, -0.05) is 30.3 Å². The number of nitro benzene ring substituents is 1. The number of sulfonamides is 1. The minimum atomic E-state index is -4.03. The van der Waals surface area contributed by atoms with E-state index in [4.69, 9.17) is 4.74 Å². The molecule has 0 aliphatic carbocycles. The van der Waals surface area contributed by atoms with Crippen LogP contribution in [0.5, 0.6) is 5.75 Å². The van der Waals surface area contributed by atoms with E-state index in [1.165, 1.54) is 19.2 Å². The second-order valence-corrected chi connectivity index (χ2v) is 7.64. The van der Waals surface area contributed by atoms with Crippen LogP contribution in [0.2, 0.25) is 0 Å². The number of anilines is 1. The molecule has 3 rings (SSSR count). The van der Waals surface area contributed by atoms with Gasteiger partial charge in [-0.05, 0) is 12.1 Å². The molecule has 134 valence electrons. The third-order valence-corrected chi connectivity index (χ3v) is 5.68. The Kier molecular flexibility index (Phi) is 4.87. The molecular formula is C16H13N3O5S2. The lowest BCUT2D eigenvalue weighted by atomic mass is 10.2. The Hall–Kier alpha value is -2.98. The van der Waals surface area contributed by atoms with Crippen LogP contribution >= 0.6 is 11.3 Å². The highest BCUT2D eigenvalue weighted by Crippen LogP contribution is 2.31. The number of benzene rings is 2. The van der Waals surface area contributed by atoms with Crippen molar-refractivity contribution in [3.05, 3.63) is 64.0 Å². The smallest absolute Gasteiger partial charge is 0.312 e. The summed E-state index contributed by atoms with van der Waals surface area (Å²) in [4.78, 5) is 14.4. The standard InChI is InChI=1S/C16H13N3O5S2/c1-24-15-8-7-12(9-14(15)19(20)21)26(22,23)18-16-17-13(10-25-16)11-5-3-2-4-6-11/h2-10H,1H3,(H,17,18). The maximum atomic E-state index is 12.5. The fourth-order valence-electron chi connectivity index (χ4n) is 2.22. The van der Waals surface area contributed by atoms with E-state index < -0.39 is 20.6 Å². The quantitative estimate of drug-likeness (QED) is 0.508. The van der Waals surface area contributed by atoms with Gasteiger partial charge in [-0.2, -0.15) is 0 Å². The number of nitrogens with one attached hydrogen (secondary N) is 1. The number of hydrogen-bond acceptors (Lipinski definition) is 7. The van der Waals surface area contributed by atoms with Gasteiger partial charge in [0.1, 0.15) is 0 Å². The largest absolute Gasteiger partial charge is 0.490 e. The molecule has 0 aliphatic heterocycles. The van der Waals surface area contributed by atoms with Crippen LogP contribution in [-0.4, -0.2) is 25.4 Å². The Labute approximate surface area is 153 Å². The van der Waals surface area contributed by atoms with E-state index in [0.29, 0.717) is 5.69 Å². The second kappa shape index (κ2) is 7.10. The molecule has 8 nitrogen and oxygen atoms in total. The predicted octanol–water partition coefficient (Wildman–Crippen LogP) is 3.53. The SMILES string of the molecule is COc1ccc(S(=O)(=O)Nc2nc(-c3ccccc3)cs2)cc1[N+](=O)[O-]. The van der Waals surface area contributed by atoms with E-state index in [2.05, 4.69) is 9.71 Å². The second-order valence-electron chi connectivity index (χ2n) is 5.10. The zero-order valence-corrected chi connectivity index (χ0v) is 15.1. The maximum Gasteiger partial charge on any atom is 0.312 e. The fraction of sp³-hybridized carbons (Fsp3) is 0.0625. The average molecular weight is 391 g/mol. The van der Waals surface area contributed by atoms with Gasteiger partial charge >= 0.3 is 5.69 Å². The molecule has 0 bridgehead atoms. The third kappa shape index (κ3) is 3.65. The van der Waals surface area contributed by atoms with Gasteiger partial charge in [-0.3, -0.25) is 14.8 Å². The topological polar surface area (TPSA) is 111 Å². The number of hydrogen-bond donors (Lipinski definition) is 1. The summed E-state index contributed by atoms with van der Waals surface area (Å²) in [6.07, 6.45) is 0. The molecule has 0 aliphatic rings. The normalized spacial score (nSPS) is 11.1. The summed E-state index contributed by atoms with van der Waals surface area (Å²) in [7, 11) is -2.75. The molecule has 0 saturated heterocycles. The minimum absolute atomic E-state index is 0.0189. The predicted molar refractivity (Wildman–Crippen MR) is 98.0 cm³/mol. The minimum Gasteiger partial charge on any atom is -0.490 e. The molecule has 3 aromatic rings. The Morgan fingerprint density at radius 3 is 2.58 bits per heavy atom. The highest BCUT2D eigenvalue weighted by atomic mass is 32.2. The van der Waals surface area contributed by atoms with Crippen LogP contribution in [0.4, 0.5) is 10.8 Å². The van der Waals surface area contributed by atoms with Crippen molar-refractivity contribution < 1.29 is 18.1 Å². The Morgan fingerprint density at radius 1 is 1.19 bits per heavy atom. The van der Waals surface area contributed by atoms with Crippen molar-refractivity contribution in [2.45, 2.75) is 4.90 Å². The molecule has 26 heavy (non-hydrogen) atoms. The number of methoxy groups -OCH3 is 1. The molecule has 2 aromatic carbocycles. The molecule has 10 heteroatoms. The monoisotopic (exact) mass is 391 g/mol. The molecule has 1 N–H and O–H groups in total. The molecular weight excluding hydrogens is 378 g/mol. The zero-order chi connectivity index (χ0) is 18.7. The van der Waals surface area contributed by atoms with Crippen molar-refractivity contribution in [3.8, 4) is 17.0 Å². The number of aromatic nitrogens is 1. The summed E-state index contributed by atoms with van der Waals surface area (Å²) in [6, 6.07) is 12.7. The van der Waals surface area contributed by atoms with E-state index in [1.807, 2.05) is 30.3 Å². The first kappa shape index (κ1) is 17.8. The number of thiazole rings is 1. The lowest BCUT2D eigenvalue weighted by Gasteiger charge is -2.07. The number of rotatable bonds is 6. The summed E-state index contributed by atoms with van der Waals surface area (Å²) in [5.74, 6) is -0.0189. The van der Waals surface area contributed by atoms with E-state index in [1.54, 1.807) is 5.38 Å². The molecule has 0 radical (unpaired) electrons. The maximum absolute atomic E-state index is 12.5. The summed E-state index contributed by atoms with van der Waals surface area (Å²) >= 11 is 1.12. The van der Waals surface area contributed by atoms with Crippen LogP contribution in [0.25, 0.3) is 11.3 Å². The van der Waals surface area contributed by atoms with Gasteiger partial charge in [0.25, 0.3) is 10.0 Å². The third-order valence-electron chi connectivity index (χ3n) is 3.45. The molecule has 0 atom stereocenters. The van der Waals surface area contributed by atoms with Gasteiger partial charge in [-0.25, -0.2) is 13.4 Å². The van der Waals surface area contributed by atoms with Crippen molar-refractivity contribution in [1.29, 1.82) is 0 Å². The first-order valence-electron chi connectivity index (χ1n) is 7.27. The first-order valence-corrected chi connectivity index (χ1v) is 9.63. The van der Waals surface area contributed by atoms with Crippen molar-refractivity contribution >= 4 is 32.2 Å². The van der Waals surface area contributed by atoms with Gasteiger partial charge < -0.3 is 4.74 Å². The van der Waals surface area contributed by atoms with Crippen LogP contribution in [0, 0.1) is 10.1 Å². The van der Waals surface area contributed by atoms with Gasteiger partial charge in [-0.15, -0.1) is 11.3 Å². The molecule has 0 unspecified atom stereocenters. The number of nitrogens with zero attached hydrogens (tertiary/aromatic N) is 2. The van der Waals surface area contributed by atoms with Gasteiger partial charge in [0.2, 0.25) is 0 Å². The Bertz CT molecular complexity index is 1050. The van der Waals surface area contributed by atoms with Crippen LogP contribution in [0.15, 0.2) is 58.8 Å². The number of nitro groups is 1. The van der Waals surface area contributed by atoms with Crippen LogP contribution in [0.3, 0.4) is 0 Å². The summed E-state index contributed by atoms with van der Waals surface area (Å²) in [5.41, 5.74) is 1.06. The highest BCUT2D eigenvalue weighted by Gasteiger charge is 2.23. The van der Waals surface area contributed by atoms with Crippen LogP contribution < -0.4 is 9.46 Å². The van der Waals surface area contributed by atoms with Gasteiger partial charge in [0.05, 0.1) is 22.6 Å². The van der Waals surface area contributed by atoms with Gasteiger partial charge in [0, 0.05) is 17.0 Å². The van der Waals surface area contributed by atoms with E-state index in [0.717, 1.165) is 23.0 Å². The molecule has 0 amide bonds. The lowest BCUT2D eigenvalue weighted by Crippen LogP contribution is -2.13. The first-order chi connectivity index (χ1) is 12.4. The van der Waals surface area contributed by atoms with Crippen molar-refractivity contribution in [3.63, 3.8) is 0 Å². The fourth-order valence-corrected chi connectivity index (χ4v) is 4.21. The summed E-state index contributed by atoms with van der Waals surface area (Å²) in [5, 5.41) is 13.0. The molecule has 1 heterocycles. The van der Waals surface area contributed by atoms with Crippen LogP contribution in [0.1, 0.15) is 0 Å². The van der Waals surface area contributed by atoms with Crippen molar-refractivity contribution in [2.24, 2.45) is 0 Å². The van der Waals surface area contributed by atoms with Crippen LogP contribution in [-0.2, 0) is 10.0 Å². The summed E-state index contributed by atoms with van der Waals surface area (Å²) < 4.78 is 32.3. The highest BCUT2D eigenvalue weighted by molar-refractivity contribution is 7.93. The van der Waals surface area contributed by atoms with E-state index >= 15 is 0 Å². The molecule has 1 aromatic heterocycles. The molecule has 0 spiro atoms. The Morgan fingerprint density at radius 2 is 1.92 bits per heavy atom. The van der Waals surface area contributed by atoms with E-state index in [-0.39, 0.29) is 15.8 Å². The lowest BCUT2D eigenvalue weighted by molar-refractivity contribution is -0.386. The summed E-state index contributed by atoms with van der Waals surface area (Å²) in [6.45, 7) is 0. The zero-order valence-electron chi connectivity index (χ0n) is 13.4. The molecule has 0 saturated carbocycles. The van der Waals surface area contributed by atoms with Gasteiger partial charge in [0.15, 0.2) is 10.9 Å². The average Bonchev–Trinajstić information content (AvgIpc) is 3.09. The number of ether oxygens (including phenoxy) is 1. The molecule has 0 fully saturated rings. The Balaban J connectivity index is 1.89. The van der Waals surface area contributed by atoms with Crippen molar-refractivity contribution in [2.75, 3.05) is 11.8 Å².